The van der Waals surface area contributed by atoms with E-state index in [-0.39, 0.29) is 36.4 Å². The van der Waals surface area contributed by atoms with E-state index in [1.54, 1.807) is 7.05 Å². The topological polar surface area (TPSA) is 60.0 Å². The number of fused-ring (bicyclic) bond motifs is 1. The molecule has 0 radical (unpaired) electrons. The Morgan fingerprint density at radius 3 is 2.72 bits per heavy atom. The molecule has 4 rings (SSSR count). The summed E-state index contributed by atoms with van der Waals surface area (Å²) in [5, 5.41) is 6.76. The van der Waals surface area contributed by atoms with Gasteiger partial charge in [-0.1, -0.05) is 31.0 Å². The van der Waals surface area contributed by atoms with Gasteiger partial charge in [-0.15, -0.1) is 24.0 Å². The standard InChI is InChI=1S/C22H33N5O.HI/c1-23-22(25-18-12-14-26(16-18)19-9-3-4-10-19)24-15-21(28)27-13-6-8-17-7-2-5-11-20(17)27;/h2,5,7,11,18-19H,3-4,6,8-10,12-16H2,1H3,(H2,23,24,25);1H. The van der Waals surface area contributed by atoms with Crippen molar-refractivity contribution < 1.29 is 4.79 Å². The van der Waals surface area contributed by atoms with Crippen molar-refractivity contribution in [3.05, 3.63) is 29.8 Å². The van der Waals surface area contributed by atoms with E-state index in [9.17, 15) is 4.79 Å². The van der Waals surface area contributed by atoms with Crippen LogP contribution in [0.15, 0.2) is 29.3 Å². The Labute approximate surface area is 191 Å². The summed E-state index contributed by atoms with van der Waals surface area (Å²) in [6, 6.07) is 9.43. The average molecular weight is 511 g/mol. The molecular formula is C22H34IN5O. The number of nitrogens with one attached hydrogen (secondary N) is 2. The summed E-state index contributed by atoms with van der Waals surface area (Å²) in [5.41, 5.74) is 2.33. The molecule has 1 saturated heterocycles. The van der Waals surface area contributed by atoms with Gasteiger partial charge < -0.3 is 15.5 Å². The van der Waals surface area contributed by atoms with Crippen LogP contribution in [0.3, 0.4) is 0 Å². The van der Waals surface area contributed by atoms with Gasteiger partial charge in [-0.05, 0) is 43.7 Å². The fraction of sp³-hybridized carbons (Fsp3) is 0.636. The first-order chi connectivity index (χ1) is 13.7. The molecule has 6 nitrogen and oxygen atoms in total. The zero-order valence-electron chi connectivity index (χ0n) is 17.4. The first kappa shape index (κ1) is 22.3. The summed E-state index contributed by atoms with van der Waals surface area (Å²) in [6.45, 7) is 3.32. The number of likely N-dealkylation sites (tertiary alicyclic amines) is 1. The SMILES string of the molecule is CN=C(NCC(=O)N1CCCc2ccccc21)NC1CCN(C2CCCC2)C1.I. The van der Waals surface area contributed by atoms with Gasteiger partial charge in [0.2, 0.25) is 5.91 Å². The van der Waals surface area contributed by atoms with Crippen LogP contribution >= 0.6 is 24.0 Å². The van der Waals surface area contributed by atoms with E-state index in [0.29, 0.717) is 6.04 Å². The van der Waals surface area contributed by atoms with Crippen LogP contribution in [0.5, 0.6) is 0 Å². The van der Waals surface area contributed by atoms with Gasteiger partial charge in [0.15, 0.2) is 5.96 Å². The lowest BCUT2D eigenvalue weighted by atomic mass is 10.0. The number of hydrogen-bond acceptors (Lipinski definition) is 3. The highest BCUT2D eigenvalue weighted by molar-refractivity contribution is 14.0. The molecular weight excluding hydrogens is 477 g/mol. The first-order valence-corrected chi connectivity index (χ1v) is 10.8. The Kier molecular flexibility index (Phi) is 8.17. The number of hydrogen-bond donors (Lipinski definition) is 2. The van der Waals surface area contributed by atoms with Crippen LogP contribution in [0.4, 0.5) is 5.69 Å². The number of nitrogens with zero attached hydrogens (tertiary/aromatic N) is 3. The second-order valence-electron chi connectivity index (χ2n) is 8.27. The van der Waals surface area contributed by atoms with E-state index in [2.05, 4.69) is 32.7 Å². The van der Waals surface area contributed by atoms with Crippen LogP contribution in [0, 0.1) is 0 Å². The molecule has 1 amide bonds. The molecule has 1 aliphatic carbocycles. The molecule has 0 bridgehead atoms. The van der Waals surface area contributed by atoms with Crippen molar-refractivity contribution in [1.29, 1.82) is 0 Å². The van der Waals surface area contributed by atoms with E-state index in [1.165, 1.54) is 37.8 Å². The minimum Gasteiger partial charge on any atom is -0.352 e. The summed E-state index contributed by atoms with van der Waals surface area (Å²) < 4.78 is 0. The molecule has 3 aliphatic rings. The summed E-state index contributed by atoms with van der Waals surface area (Å²) in [5.74, 6) is 0.839. The second kappa shape index (κ2) is 10.6. The molecule has 2 aliphatic heterocycles. The molecule has 7 heteroatoms. The lowest BCUT2D eigenvalue weighted by Gasteiger charge is -2.30. The number of para-hydroxylation sites is 1. The van der Waals surface area contributed by atoms with Crippen LogP contribution in [0.25, 0.3) is 0 Å². The van der Waals surface area contributed by atoms with Gasteiger partial charge in [-0.25, -0.2) is 0 Å². The zero-order chi connectivity index (χ0) is 19.3. The van der Waals surface area contributed by atoms with Crippen molar-refractivity contribution in [3.8, 4) is 0 Å². The molecule has 0 aromatic heterocycles. The van der Waals surface area contributed by atoms with Gasteiger partial charge in [0.1, 0.15) is 0 Å². The van der Waals surface area contributed by atoms with Gasteiger partial charge >= 0.3 is 0 Å². The minimum atomic E-state index is 0. The lowest BCUT2D eigenvalue weighted by molar-refractivity contribution is -0.117. The monoisotopic (exact) mass is 511 g/mol. The fourth-order valence-electron chi connectivity index (χ4n) is 4.94. The zero-order valence-corrected chi connectivity index (χ0v) is 19.7. The number of aliphatic imine (C=N–C) groups is 1. The van der Waals surface area contributed by atoms with Gasteiger partial charge in [-0.3, -0.25) is 14.7 Å². The number of amides is 1. The number of carbonyl (C=O) groups excluding carboxylic acids is 1. The number of halogens is 1. The third-order valence-corrected chi connectivity index (χ3v) is 6.44. The molecule has 1 aromatic rings. The Hall–Kier alpha value is -1.35. The first-order valence-electron chi connectivity index (χ1n) is 10.8. The van der Waals surface area contributed by atoms with E-state index in [1.807, 2.05) is 17.0 Å². The van der Waals surface area contributed by atoms with Gasteiger partial charge in [0.05, 0.1) is 6.54 Å². The maximum absolute atomic E-state index is 12.8. The number of anilines is 1. The maximum atomic E-state index is 12.8. The molecule has 2 heterocycles. The third-order valence-electron chi connectivity index (χ3n) is 6.44. The largest absolute Gasteiger partial charge is 0.352 e. The highest BCUT2D eigenvalue weighted by atomic mass is 127. The van der Waals surface area contributed by atoms with Crippen LogP contribution < -0.4 is 15.5 Å². The number of carbonyl (C=O) groups is 1. The van der Waals surface area contributed by atoms with Crippen molar-refractivity contribution in [1.82, 2.24) is 15.5 Å². The van der Waals surface area contributed by atoms with E-state index in [4.69, 9.17) is 0 Å². The molecule has 2 N–H and O–H groups in total. The van der Waals surface area contributed by atoms with Gasteiger partial charge in [0, 0.05) is 44.5 Å². The summed E-state index contributed by atoms with van der Waals surface area (Å²) >= 11 is 0. The number of aryl methyl sites for hydroxylation is 1. The fourth-order valence-corrected chi connectivity index (χ4v) is 4.94. The highest BCUT2D eigenvalue weighted by Gasteiger charge is 2.30. The minimum absolute atomic E-state index is 0. The molecule has 1 saturated carbocycles. The van der Waals surface area contributed by atoms with Crippen molar-refractivity contribution in [2.24, 2.45) is 4.99 Å². The average Bonchev–Trinajstić information content (AvgIpc) is 3.42. The van der Waals surface area contributed by atoms with Crippen LogP contribution in [0.1, 0.15) is 44.1 Å². The summed E-state index contributed by atoms with van der Waals surface area (Å²) in [6.07, 6.45) is 8.68. The molecule has 160 valence electrons. The Bertz CT molecular complexity index is 719. The second-order valence-corrected chi connectivity index (χ2v) is 8.27. The predicted molar refractivity (Wildman–Crippen MR) is 129 cm³/mol. The van der Waals surface area contributed by atoms with E-state index >= 15 is 0 Å². The molecule has 0 spiro atoms. The van der Waals surface area contributed by atoms with Gasteiger partial charge in [0.25, 0.3) is 0 Å². The molecule has 1 atom stereocenters. The van der Waals surface area contributed by atoms with Crippen molar-refractivity contribution >= 4 is 41.5 Å². The normalized spacial score (nSPS) is 22.9. The summed E-state index contributed by atoms with van der Waals surface area (Å²) in [4.78, 5) is 21.7. The predicted octanol–water partition coefficient (Wildman–Crippen LogP) is 2.77. The molecule has 2 fully saturated rings. The number of rotatable bonds is 4. The van der Waals surface area contributed by atoms with Crippen LogP contribution in [0.2, 0.25) is 0 Å². The molecule has 1 unspecified atom stereocenters. The Morgan fingerprint density at radius 1 is 1.14 bits per heavy atom. The van der Waals surface area contributed by atoms with Crippen LogP contribution in [-0.4, -0.2) is 62.1 Å². The van der Waals surface area contributed by atoms with E-state index in [0.717, 1.165) is 50.0 Å². The highest BCUT2D eigenvalue weighted by Crippen LogP contribution is 2.27. The smallest absolute Gasteiger partial charge is 0.246 e. The third kappa shape index (κ3) is 5.42. The summed E-state index contributed by atoms with van der Waals surface area (Å²) in [7, 11) is 1.78. The number of guanidine groups is 1. The lowest BCUT2D eigenvalue weighted by Crippen LogP contribution is -2.49. The molecule has 1 aromatic carbocycles. The van der Waals surface area contributed by atoms with Crippen molar-refractivity contribution in [2.75, 3.05) is 38.1 Å². The van der Waals surface area contributed by atoms with Crippen molar-refractivity contribution in [3.63, 3.8) is 0 Å². The van der Waals surface area contributed by atoms with Crippen LogP contribution in [-0.2, 0) is 11.2 Å². The Balaban J connectivity index is 0.00000240. The number of benzene rings is 1. The van der Waals surface area contributed by atoms with Crippen molar-refractivity contribution in [2.45, 2.75) is 57.0 Å². The van der Waals surface area contributed by atoms with Gasteiger partial charge in [-0.2, -0.15) is 0 Å². The maximum Gasteiger partial charge on any atom is 0.246 e. The van der Waals surface area contributed by atoms with E-state index < -0.39 is 0 Å². The Morgan fingerprint density at radius 2 is 1.93 bits per heavy atom. The molecule has 29 heavy (non-hydrogen) atoms. The quantitative estimate of drug-likeness (QED) is 0.371.